The molecule has 0 aliphatic carbocycles. The Hall–Kier alpha value is -1.46. The van der Waals surface area contributed by atoms with Crippen molar-refractivity contribution < 1.29 is 9.18 Å². The Morgan fingerprint density at radius 1 is 1.56 bits per heavy atom. The molecule has 0 unspecified atom stereocenters. The van der Waals surface area contributed by atoms with Crippen LogP contribution in [0.25, 0.3) is 0 Å². The lowest BCUT2D eigenvalue weighted by atomic mass is 10.2. The second kappa shape index (κ2) is 6.19. The van der Waals surface area contributed by atoms with Crippen molar-refractivity contribution in [3.63, 3.8) is 0 Å². The highest BCUT2D eigenvalue weighted by Crippen LogP contribution is 2.06. The van der Waals surface area contributed by atoms with Crippen LogP contribution >= 0.6 is 0 Å². The Morgan fingerprint density at radius 2 is 2.31 bits per heavy atom. The molecule has 0 spiro atoms. The van der Waals surface area contributed by atoms with E-state index in [9.17, 15) is 9.18 Å². The van der Waals surface area contributed by atoms with Gasteiger partial charge in [-0.25, -0.2) is 10.2 Å². The molecule has 0 saturated carbocycles. The van der Waals surface area contributed by atoms with Crippen molar-refractivity contribution >= 4 is 5.91 Å². The molecule has 5 heteroatoms. The van der Waals surface area contributed by atoms with Gasteiger partial charge < -0.3 is 4.90 Å². The van der Waals surface area contributed by atoms with E-state index in [1.807, 2.05) is 18.0 Å². The summed E-state index contributed by atoms with van der Waals surface area (Å²) in [7, 11) is 1.87. The minimum absolute atomic E-state index is 0.203. The van der Waals surface area contributed by atoms with Crippen molar-refractivity contribution in [1.82, 2.24) is 10.3 Å². The zero-order chi connectivity index (χ0) is 12.0. The number of nitrogens with one attached hydrogen (secondary N) is 1. The van der Waals surface area contributed by atoms with Gasteiger partial charge in [0.05, 0.1) is 0 Å². The van der Waals surface area contributed by atoms with Gasteiger partial charge in [-0.2, -0.15) is 0 Å². The van der Waals surface area contributed by atoms with Crippen LogP contribution in [-0.4, -0.2) is 24.4 Å². The summed E-state index contributed by atoms with van der Waals surface area (Å²) < 4.78 is 12.9. The molecule has 1 aromatic carbocycles. The van der Waals surface area contributed by atoms with Crippen LogP contribution in [0.3, 0.4) is 0 Å². The summed E-state index contributed by atoms with van der Waals surface area (Å²) in [5, 5.41) is 0. The normalized spacial score (nSPS) is 10.5. The van der Waals surface area contributed by atoms with E-state index in [1.54, 1.807) is 6.07 Å². The number of nitrogens with zero attached hydrogens (tertiary/aromatic N) is 1. The van der Waals surface area contributed by atoms with Gasteiger partial charge in [0.1, 0.15) is 5.82 Å². The van der Waals surface area contributed by atoms with E-state index in [2.05, 4.69) is 5.43 Å². The maximum Gasteiger partial charge on any atom is 0.235 e. The Labute approximate surface area is 94.2 Å². The minimum atomic E-state index is -0.245. The van der Waals surface area contributed by atoms with Crippen molar-refractivity contribution in [3.05, 3.63) is 35.6 Å². The molecule has 16 heavy (non-hydrogen) atoms. The van der Waals surface area contributed by atoms with Crippen LogP contribution in [-0.2, 0) is 11.3 Å². The number of rotatable bonds is 5. The third kappa shape index (κ3) is 4.37. The smallest absolute Gasteiger partial charge is 0.235 e. The van der Waals surface area contributed by atoms with Crippen molar-refractivity contribution in [2.24, 2.45) is 5.84 Å². The zero-order valence-electron chi connectivity index (χ0n) is 9.24. The van der Waals surface area contributed by atoms with Crippen LogP contribution in [0.5, 0.6) is 0 Å². The highest BCUT2D eigenvalue weighted by Gasteiger charge is 2.04. The number of carbonyl (C=O) groups is 1. The molecular weight excluding hydrogens is 209 g/mol. The van der Waals surface area contributed by atoms with Gasteiger partial charge in [0, 0.05) is 19.5 Å². The first-order valence-electron chi connectivity index (χ1n) is 5.04. The van der Waals surface area contributed by atoms with Crippen molar-refractivity contribution in [2.75, 3.05) is 13.6 Å². The molecule has 0 saturated heterocycles. The van der Waals surface area contributed by atoms with E-state index in [4.69, 9.17) is 5.84 Å². The number of amides is 1. The SMILES string of the molecule is CN(CCC(=O)NN)Cc1cccc(F)c1. The molecule has 1 amide bonds. The summed E-state index contributed by atoms with van der Waals surface area (Å²) in [5.41, 5.74) is 2.95. The third-order valence-corrected chi connectivity index (χ3v) is 2.22. The average Bonchev–Trinajstić information content (AvgIpc) is 2.26. The molecule has 0 atom stereocenters. The van der Waals surface area contributed by atoms with E-state index in [1.165, 1.54) is 12.1 Å². The number of nitrogens with two attached hydrogens (primary N) is 1. The number of halogens is 1. The Balaban J connectivity index is 2.39. The van der Waals surface area contributed by atoms with Crippen LogP contribution < -0.4 is 11.3 Å². The van der Waals surface area contributed by atoms with E-state index < -0.39 is 0 Å². The molecule has 0 fully saturated rings. The fourth-order valence-corrected chi connectivity index (χ4v) is 1.39. The van der Waals surface area contributed by atoms with Gasteiger partial charge in [0.2, 0.25) is 5.91 Å². The lowest BCUT2D eigenvalue weighted by molar-refractivity contribution is -0.121. The van der Waals surface area contributed by atoms with Gasteiger partial charge in [-0.15, -0.1) is 0 Å². The van der Waals surface area contributed by atoms with Gasteiger partial charge in [0.25, 0.3) is 0 Å². The largest absolute Gasteiger partial charge is 0.302 e. The molecule has 4 nitrogen and oxygen atoms in total. The van der Waals surface area contributed by atoms with E-state index in [0.717, 1.165) is 5.56 Å². The van der Waals surface area contributed by atoms with Gasteiger partial charge in [-0.1, -0.05) is 12.1 Å². The lowest BCUT2D eigenvalue weighted by Crippen LogP contribution is -2.33. The van der Waals surface area contributed by atoms with Gasteiger partial charge >= 0.3 is 0 Å². The molecule has 0 heterocycles. The summed E-state index contributed by atoms with van der Waals surface area (Å²) in [6.07, 6.45) is 0.336. The molecule has 0 aliphatic heterocycles. The standard InChI is InChI=1S/C11H16FN3O/c1-15(6-5-11(16)14-13)8-9-3-2-4-10(12)7-9/h2-4,7H,5-6,8,13H2,1H3,(H,14,16). The number of hydrogen-bond donors (Lipinski definition) is 2. The predicted molar refractivity (Wildman–Crippen MR) is 59.7 cm³/mol. The summed E-state index contributed by atoms with van der Waals surface area (Å²) in [6, 6.07) is 6.42. The van der Waals surface area contributed by atoms with E-state index in [0.29, 0.717) is 19.5 Å². The number of carbonyl (C=O) groups excluding carboxylic acids is 1. The molecule has 3 N–H and O–H groups in total. The van der Waals surface area contributed by atoms with Crippen LogP contribution in [0.4, 0.5) is 4.39 Å². The molecular formula is C11H16FN3O. The van der Waals surface area contributed by atoms with Crippen LogP contribution in [0.15, 0.2) is 24.3 Å². The van der Waals surface area contributed by atoms with Crippen molar-refractivity contribution in [2.45, 2.75) is 13.0 Å². The second-order valence-electron chi connectivity index (χ2n) is 3.69. The van der Waals surface area contributed by atoms with Crippen LogP contribution in [0, 0.1) is 5.82 Å². The van der Waals surface area contributed by atoms with Crippen LogP contribution in [0.1, 0.15) is 12.0 Å². The first kappa shape index (κ1) is 12.6. The first-order valence-corrected chi connectivity index (χ1v) is 5.04. The molecule has 0 aliphatic rings. The molecule has 88 valence electrons. The molecule has 1 aromatic rings. The quantitative estimate of drug-likeness (QED) is 0.439. The Bertz CT molecular complexity index is 357. The Morgan fingerprint density at radius 3 is 2.94 bits per heavy atom. The minimum Gasteiger partial charge on any atom is -0.302 e. The van der Waals surface area contributed by atoms with E-state index >= 15 is 0 Å². The summed E-state index contributed by atoms with van der Waals surface area (Å²) in [5.74, 6) is 4.52. The van der Waals surface area contributed by atoms with Crippen molar-refractivity contribution in [3.8, 4) is 0 Å². The summed E-state index contributed by atoms with van der Waals surface area (Å²) in [6.45, 7) is 1.19. The van der Waals surface area contributed by atoms with Gasteiger partial charge in [-0.3, -0.25) is 10.2 Å². The first-order chi connectivity index (χ1) is 7.61. The fourth-order valence-electron chi connectivity index (χ4n) is 1.39. The van der Waals surface area contributed by atoms with Crippen molar-refractivity contribution in [1.29, 1.82) is 0 Å². The average molecular weight is 225 g/mol. The molecule has 0 radical (unpaired) electrons. The van der Waals surface area contributed by atoms with Crippen LogP contribution in [0.2, 0.25) is 0 Å². The third-order valence-electron chi connectivity index (χ3n) is 2.22. The monoisotopic (exact) mass is 225 g/mol. The van der Waals surface area contributed by atoms with Gasteiger partial charge in [0.15, 0.2) is 0 Å². The van der Waals surface area contributed by atoms with E-state index in [-0.39, 0.29) is 11.7 Å². The maximum atomic E-state index is 12.9. The molecule has 0 bridgehead atoms. The molecule has 0 aromatic heterocycles. The number of benzene rings is 1. The maximum absolute atomic E-state index is 12.9. The summed E-state index contributed by atoms with van der Waals surface area (Å²) >= 11 is 0. The summed E-state index contributed by atoms with van der Waals surface area (Å²) in [4.78, 5) is 12.8. The zero-order valence-corrected chi connectivity index (χ0v) is 9.24. The predicted octanol–water partition coefficient (Wildman–Crippen LogP) is 0.638. The Kier molecular flexibility index (Phi) is 4.88. The number of hydrogen-bond acceptors (Lipinski definition) is 3. The number of hydrazine groups is 1. The highest BCUT2D eigenvalue weighted by molar-refractivity contribution is 5.75. The lowest BCUT2D eigenvalue weighted by Gasteiger charge is -2.15. The van der Waals surface area contributed by atoms with Gasteiger partial charge in [-0.05, 0) is 24.7 Å². The highest BCUT2D eigenvalue weighted by atomic mass is 19.1. The fraction of sp³-hybridized carbons (Fsp3) is 0.364. The molecule has 1 rings (SSSR count). The second-order valence-corrected chi connectivity index (χ2v) is 3.69. The topological polar surface area (TPSA) is 58.4 Å².